The summed E-state index contributed by atoms with van der Waals surface area (Å²) in [5.41, 5.74) is -0.715. The second kappa shape index (κ2) is 4.25. The van der Waals surface area contributed by atoms with Gasteiger partial charge in [-0.3, -0.25) is 9.69 Å². The minimum absolute atomic E-state index is 0.528. The maximum atomic E-state index is 11.4. The fourth-order valence-corrected chi connectivity index (χ4v) is 2.47. The fraction of sp³-hybridized carbons (Fsp3) is 0.636. The average Bonchev–Trinajstić information content (AvgIpc) is 2.88. The van der Waals surface area contributed by atoms with Crippen LogP contribution in [-0.4, -0.2) is 33.2 Å². The maximum absolute atomic E-state index is 11.4. The van der Waals surface area contributed by atoms with Gasteiger partial charge in [-0.2, -0.15) is 0 Å². The molecule has 1 aliphatic rings. The highest BCUT2D eigenvalue weighted by atomic mass is 16.5. The molecule has 1 aromatic rings. The third kappa shape index (κ3) is 1.71. The number of carboxylic acids is 1. The molecule has 0 amide bonds. The number of hydrogen-bond donors (Lipinski definition) is 1. The molecule has 2 heterocycles. The van der Waals surface area contributed by atoms with Crippen LogP contribution in [0.15, 0.2) is 16.8 Å². The number of hydrogen-bond acceptors (Lipinski definition) is 4. The van der Waals surface area contributed by atoms with E-state index < -0.39 is 11.5 Å². The molecule has 5 nitrogen and oxygen atoms in total. The van der Waals surface area contributed by atoms with Gasteiger partial charge in [-0.05, 0) is 25.8 Å². The number of nitrogens with zero attached hydrogens (tertiary/aromatic N) is 2. The van der Waals surface area contributed by atoms with E-state index in [0.29, 0.717) is 19.4 Å². The number of carbonyl (C=O) groups is 1. The largest absolute Gasteiger partial charge is 0.480 e. The molecule has 0 aromatic carbocycles. The van der Waals surface area contributed by atoms with Crippen LogP contribution < -0.4 is 0 Å². The van der Waals surface area contributed by atoms with Crippen LogP contribution in [0, 0.1) is 0 Å². The summed E-state index contributed by atoms with van der Waals surface area (Å²) < 4.78 is 5.03. The number of rotatable bonds is 4. The second-order valence-electron chi connectivity index (χ2n) is 4.19. The monoisotopic (exact) mass is 224 g/mol. The molecule has 2 rings (SSSR count). The lowest BCUT2D eigenvalue weighted by Crippen LogP contribution is -2.49. The first kappa shape index (κ1) is 11.1. The lowest BCUT2D eigenvalue weighted by atomic mass is 9.93. The molecule has 0 spiro atoms. The molecular formula is C11H16N2O3. The van der Waals surface area contributed by atoms with Crippen molar-refractivity contribution in [2.45, 2.75) is 38.3 Å². The predicted molar refractivity (Wildman–Crippen MR) is 56.8 cm³/mol. The molecular weight excluding hydrogens is 208 g/mol. The van der Waals surface area contributed by atoms with E-state index in [0.717, 1.165) is 18.7 Å². The van der Waals surface area contributed by atoms with Crippen LogP contribution in [0.25, 0.3) is 0 Å². The molecule has 1 fully saturated rings. The number of likely N-dealkylation sites (tertiary alicyclic amines) is 1. The first-order valence-corrected chi connectivity index (χ1v) is 5.57. The van der Waals surface area contributed by atoms with Crippen molar-refractivity contribution < 1.29 is 14.4 Å². The van der Waals surface area contributed by atoms with Gasteiger partial charge in [-0.25, -0.2) is 0 Å². The lowest BCUT2D eigenvalue weighted by Gasteiger charge is -2.32. The molecule has 1 saturated heterocycles. The molecule has 1 unspecified atom stereocenters. The van der Waals surface area contributed by atoms with Crippen molar-refractivity contribution in [1.29, 1.82) is 0 Å². The highest BCUT2D eigenvalue weighted by Crippen LogP contribution is 2.33. The van der Waals surface area contributed by atoms with E-state index in [1.54, 1.807) is 12.3 Å². The summed E-state index contributed by atoms with van der Waals surface area (Å²) >= 11 is 0. The average molecular weight is 224 g/mol. The summed E-state index contributed by atoms with van der Waals surface area (Å²) in [6.45, 7) is 3.26. The molecule has 0 saturated carbocycles. The molecule has 0 aliphatic carbocycles. The van der Waals surface area contributed by atoms with Gasteiger partial charge in [0.2, 0.25) is 0 Å². The topological polar surface area (TPSA) is 66.6 Å². The van der Waals surface area contributed by atoms with E-state index in [1.807, 2.05) is 11.8 Å². The van der Waals surface area contributed by atoms with Gasteiger partial charge in [0.15, 0.2) is 5.76 Å². The van der Waals surface area contributed by atoms with Gasteiger partial charge in [-0.15, -0.1) is 0 Å². The molecule has 1 atom stereocenters. The van der Waals surface area contributed by atoms with E-state index in [-0.39, 0.29) is 0 Å². The Morgan fingerprint density at radius 2 is 2.56 bits per heavy atom. The summed E-state index contributed by atoms with van der Waals surface area (Å²) in [6, 6.07) is 1.78. The summed E-state index contributed by atoms with van der Waals surface area (Å²) in [4.78, 5) is 13.4. The smallest absolute Gasteiger partial charge is 0.324 e. The van der Waals surface area contributed by atoms with Crippen LogP contribution in [0.2, 0.25) is 0 Å². The van der Waals surface area contributed by atoms with E-state index >= 15 is 0 Å². The van der Waals surface area contributed by atoms with E-state index in [4.69, 9.17) is 4.52 Å². The molecule has 1 aromatic heterocycles. The van der Waals surface area contributed by atoms with Gasteiger partial charge >= 0.3 is 5.97 Å². The summed E-state index contributed by atoms with van der Waals surface area (Å²) in [5.74, 6) is -0.00649. The molecule has 5 heteroatoms. The van der Waals surface area contributed by atoms with Crippen LogP contribution in [0.3, 0.4) is 0 Å². The van der Waals surface area contributed by atoms with Crippen LogP contribution in [0.4, 0.5) is 0 Å². The predicted octanol–water partition coefficient (Wildman–Crippen LogP) is 1.50. The highest BCUT2D eigenvalue weighted by Gasteiger charge is 2.46. The van der Waals surface area contributed by atoms with Gasteiger partial charge in [0.25, 0.3) is 0 Å². The fourth-order valence-electron chi connectivity index (χ4n) is 2.47. The minimum Gasteiger partial charge on any atom is -0.480 e. The standard InChI is InChI=1S/C11H16N2O3/c1-2-11(10(14)15)5-3-7-13(11)8-9-4-6-12-16-9/h4,6H,2-3,5,7-8H2,1H3,(H,14,15). The normalized spacial score (nSPS) is 26.1. The van der Waals surface area contributed by atoms with Gasteiger partial charge < -0.3 is 9.63 Å². The second-order valence-corrected chi connectivity index (χ2v) is 4.19. The Balaban J connectivity index is 2.16. The van der Waals surface area contributed by atoms with E-state index in [9.17, 15) is 9.90 Å². The summed E-state index contributed by atoms with van der Waals surface area (Å²) in [7, 11) is 0. The van der Waals surface area contributed by atoms with Crippen molar-refractivity contribution >= 4 is 5.97 Å². The quantitative estimate of drug-likeness (QED) is 0.839. The van der Waals surface area contributed by atoms with Crippen molar-refractivity contribution in [2.75, 3.05) is 6.54 Å². The Bertz CT molecular complexity index is 363. The van der Waals surface area contributed by atoms with Gasteiger partial charge in [0.1, 0.15) is 5.54 Å². The minimum atomic E-state index is -0.730. The van der Waals surface area contributed by atoms with Gasteiger partial charge in [0, 0.05) is 6.07 Å². The SMILES string of the molecule is CCC1(C(=O)O)CCCN1Cc1ccno1. The molecule has 0 radical (unpaired) electrons. The number of aliphatic carboxylic acids is 1. The number of aromatic nitrogens is 1. The number of carboxylic acid groups (broad SMARTS) is 1. The van der Waals surface area contributed by atoms with Crippen LogP contribution in [0.5, 0.6) is 0 Å². The van der Waals surface area contributed by atoms with Crippen molar-refractivity contribution in [3.05, 3.63) is 18.0 Å². The summed E-state index contributed by atoms with van der Waals surface area (Å²) in [6.07, 6.45) is 3.84. The third-order valence-electron chi connectivity index (χ3n) is 3.44. The molecule has 16 heavy (non-hydrogen) atoms. The van der Waals surface area contributed by atoms with E-state index in [2.05, 4.69) is 5.16 Å². The third-order valence-corrected chi connectivity index (χ3v) is 3.44. The van der Waals surface area contributed by atoms with Crippen LogP contribution >= 0.6 is 0 Å². The Morgan fingerprint density at radius 3 is 3.12 bits per heavy atom. The van der Waals surface area contributed by atoms with Crippen molar-refractivity contribution in [3.8, 4) is 0 Å². The summed E-state index contributed by atoms with van der Waals surface area (Å²) in [5, 5.41) is 13.0. The van der Waals surface area contributed by atoms with Crippen LogP contribution in [-0.2, 0) is 11.3 Å². The first-order valence-electron chi connectivity index (χ1n) is 5.57. The molecule has 1 N–H and O–H groups in total. The van der Waals surface area contributed by atoms with Crippen molar-refractivity contribution in [2.24, 2.45) is 0 Å². The zero-order chi connectivity index (χ0) is 11.6. The van der Waals surface area contributed by atoms with Gasteiger partial charge in [0.05, 0.1) is 12.7 Å². The Labute approximate surface area is 94.0 Å². The maximum Gasteiger partial charge on any atom is 0.324 e. The zero-order valence-electron chi connectivity index (χ0n) is 9.35. The van der Waals surface area contributed by atoms with Gasteiger partial charge in [-0.1, -0.05) is 12.1 Å². The Kier molecular flexibility index (Phi) is 2.96. The zero-order valence-corrected chi connectivity index (χ0v) is 9.35. The van der Waals surface area contributed by atoms with Crippen LogP contribution in [0.1, 0.15) is 31.9 Å². The van der Waals surface area contributed by atoms with Crippen molar-refractivity contribution in [1.82, 2.24) is 10.1 Å². The lowest BCUT2D eigenvalue weighted by molar-refractivity contribution is -0.150. The van der Waals surface area contributed by atoms with Crippen molar-refractivity contribution in [3.63, 3.8) is 0 Å². The highest BCUT2D eigenvalue weighted by molar-refractivity contribution is 5.79. The Hall–Kier alpha value is -1.36. The first-order chi connectivity index (χ1) is 7.69. The van der Waals surface area contributed by atoms with E-state index in [1.165, 1.54) is 0 Å². The Morgan fingerprint density at radius 1 is 1.75 bits per heavy atom. The molecule has 88 valence electrons. The molecule has 1 aliphatic heterocycles. The molecule has 0 bridgehead atoms.